The topological polar surface area (TPSA) is 52.6 Å². The third-order valence-electron chi connectivity index (χ3n) is 4.76. The second-order valence-corrected chi connectivity index (χ2v) is 8.21. The number of carbonyl (C=O) groups excluding carboxylic acids is 2. The normalized spacial score (nSPS) is 13.8. The minimum atomic E-state index is -0.429. The molecule has 4 rings (SSSR count). The summed E-state index contributed by atoms with van der Waals surface area (Å²) in [6, 6.07) is 15.2. The van der Waals surface area contributed by atoms with Gasteiger partial charge in [0.1, 0.15) is 11.5 Å². The lowest BCUT2D eigenvalue weighted by molar-refractivity contribution is -0.133. The second-order valence-electron chi connectivity index (χ2n) is 6.96. The van der Waals surface area contributed by atoms with Gasteiger partial charge >= 0.3 is 5.97 Å². The van der Waals surface area contributed by atoms with Gasteiger partial charge < -0.3 is 9.47 Å². The number of allylic oxidation sites excluding steroid dienone is 1. The Morgan fingerprint density at radius 1 is 1.00 bits per heavy atom. The van der Waals surface area contributed by atoms with E-state index in [9.17, 15) is 9.59 Å². The van der Waals surface area contributed by atoms with Crippen molar-refractivity contribution in [2.24, 2.45) is 0 Å². The van der Waals surface area contributed by atoms with Gasteiger partial charge in [0.2, 0.25) is 5.78 Å². The molecule has 3 aromatic carbocycles. The maximum absolute atomic E-state index is 12.7. The van der Waals surface area contributed by atoms with E-state index in [-0.39, 0.29) is 18.0 Å². The SMILES string of the molecule is Cc1c(OC(=O)Cc2ccc(Cl)cc2)ccc2c1O/C(=C\c1ccc(Cl)c(Cl)c1)C2=O. The first kappa shape index (κ1) is 21.4. The molecule has 0 fully saturated rings. The van der Waals surface area contributed by atoms with Crippen molar-refractivity contribution in [1.82, 2.24) is 0 Å². The summed E-state index contributed by atoms with van der Waals surface area (Å²) in [6.45, 7) is 1.74. The van der Waals surface area contributed by atoms with Crippen molar-refractivity contribution >= 4 is 52.6 Å². The van der Waals surface area contributed by atoms with E-state index in [1.54, 1.807) is 67.6 Å². The lowest BCUT2D eigenvalue weighted by Gasteiger charge is -2.10. The Morgan fingerprint density at radius 2 is 1.74 bits per heavy atom. The molecule has 31 heavy (non-hydrogen) atoms. The molecule has 0 N–H and O–H groups in total. The fraction of sp³-hybridized carbons (Fsp3) is 0.0833. The van der Waals surface area contributed by atoms with Gasteiger partial charge in [-0.2, -0.15) is 0 Å². The van der Waals surface area contributed by atoms with E-state index in [0.29, 0.717) is 43.3 Å². The van der Waals surface area contributed by atoms with Crippen molar-refractivity contribution in [2.75, 3.05) is 0 Å². The van der Waals surface area contributed by atoms with E-state index in [1.165, 1.54) is 0 Å². The molecule has 0 bridgehead atoms. The van der Waals surface area contributed by atoms with Gasteiger partial charge in [-0.1, -0.05) is 53.0 Å². The third-order valence-corrected chi connectivity index (χ3v) is 5.75. The van der Waals surface area contributed by atoms with Gasteiger partial charge in [-0.3, -0.25) is 9.59 Å². The van der Waals surface area contributed by atoms with Crippen LogP contribution in [0.15, 0.2) is 60.4 Å². The van der Waals surface area contributed by atoms with Crippen molar-refractivity contribution in [1.29, 1.82) is 0 Å². The van der Waals surface area contributed by atoms with Crippen LogP contribution in [-0.2, 0) is 11.2 Å². The monoisotopic (exact) mass is 472 g/mol. The maximum atomic E-state index is 12.7. The van der Waals surface area contributed by atoms with E-state index in [4.69, 9.17) is 44.3 Å². The zero-order valence-electron chi connectivity index (χ0n) is 16.2. The Bertz CT molecular complexity index is 1230. The fourth-order valence-corrected chi connectivity index (χ4v) is 3.59. The van der Waals surface area contributed by atoms with Gasteiger partial charge in [0.25, 0.3) is 0 Å². The molecule has 0 saturated heterocycles. The molecule has 7 heteroatoms. The zero-order valence-corrected chi connectivity index (χ0v) is 18.5. The van der Waals surface area contributed by atoms with Crippen molar-refractivity contribution < 1.29 is 19.1 Å². The minimum Gasteiger partial charge on any atom is -0.452 e. The van der Waals surface area contributed by atoms with Gasteiger partial charge in [-0.15, -0.1) is 0 Å². The van der Waals surface area contributed by atoms with Gasteiger partial charge in [0.15, 0.2) is 5.76 Å². The third kappa shape index (κ3) is 4.62. The summed E-state index contributed by atoms with van der Waals surface area (Å²) in [4.78, 5) is 25.1. The highest BCUT2D eigenvalue weighted by molar-refractivity contribution is 6.42. The average Bonchev–Trinajstić information content (AvgIpc) is 3.05. The largest absolute Gasteiger partial charge is 0.452 e. The number of Topliss-reactive ketones (excluding diaryl/α,β-unsaturated/α-hetero) is 1. The Hall–Kier alpha value is -2.79. The van der Waals surface area contributed by atoms with Crippen LogP contribution in [0.1, 0.15) is 27.0 Å². The fourth-order valence-electron chi connectivity index (χ4n) is 3.16. The number of hydrogen-bond donors (Lipinski definition) is 0. The average molecular weight is 474 g/mol. The highest BCUT2D eigenvalue weighted by atomic mass is 35.5. The van der Waals surface area contributed by atoms with Crippen LogP contribution in [0.3, 0.4) is 0 Å². The zero-order chi connectivity index (χ0) is 22.1. The number of halogens is 3. The van der Waals surface area contributed by atoms with Crippen LogP contribution in [0.5, 0.6) is 11.5 Å². The summed E-state index contributed by atoms with van der Waals surface area (Å²) in [7, 11) is 0. The van der Waals surface area contributed by atoms with Crippen LogP contribution in [0.4, 0.5) is 0 Å². The molecule has 0 aliphatic carbocycles. The number of fused-ring (bicyclic) bond motifs is 1. The molecule has 4 nitrogen and oxygen atoms in total. The van der Waals surface area contributed by atoms with Gasteiger partial charge in [0, 0.05) is 10.6 Å². The molecule has 0 aromatic heterocycles. The van der Waals surface area contributed by atoms with Gasteiger partial charge in [0.05, 0.1) is 22.0 Å². The molecular formula is C24H15Cl3O4. The summed E-state index contributed by atoms with van der Waals surface area (Å²) in [5.41, 5.74) is 2.43. The van der Waals surface area contributed by atoms with E-state index >= 15 is 0 Å². The number of hydrogen-bond acceptors (Lipinski definition) is 4. The predicted molar refractivity (Wildman–Crippen MR) is 121 cm³/mol. The maximum Gasteiger partial charge on any atom is 0.315 e. The quantitative estimate of drug-likeness (QED) is 0.240. The lowest BCUT2D eigenvalue weighted by atomic mass is 10.1. The van der Waals surface area contributed by atoms with Gasteiger partial charge in [-0.25, -0.2) is 0 Å². The molecule has 3 aromatic rings. The molecule has 1 heterocycles. The molecule has 0 atom stereocenters. The Balaban J connectivity index is 1.54. The number of esters is 1. The summed E-state index contributed by atoms with van der Waals surface area (Å²) < 4.78 is 11.3. The summed E-state index contributed by atoms with van der Waals surface area (Å²) in [6.07, 6.45) is 1.69. The standard InChI is InChI=1S/C24H15Cl3O4/c1-13-20(30-22(28)12-14-2-5-16(25)6-3-14)9-7-17-23(29)21(31-24(13)17)11-15-4-8-18(26)19(27)10-15/h2-11H,12H2,1H3/b21-11-. The second kappa shape index (κ2) is 8.75. The summed E-state index contributed by atoms with van der Waals surface area (Å²) in [5, 5.41) is 1.40. The van der Waals surface area contributed by atoms with E-state index in [0.717, 1.165) is 5.56 Å². The lowest BCUT2D eigenvalue weighted by Crippen LogP contribution is -2.12. The van der Waals surface area contributed by atoms with Crippen molar-refractivity contribution in [2.45, 2.75) is 13.3 Å². The van der Waals surface area contributed by atoms with E-state index in [2.05, 4.69) is 0 Å². The van der Waals surface area contributed by atoms with E-state index in [1.807, 2.05) is 0 Å². The van der Waals surface area contributed by atoms with Crippen LogP contribution in [0.25, 0.3) is 6.08 Å². The van der Waals surface area contributed by atoms with Crippen molar-refractivity contribution in [3.8, 4) is 11.5 Å². The van der Waals surface area contributed by atoms with Crippen LogP contribution in [0.2, 0.25) is 15.1 Å². The predicted octanol–water partition coefficient (Wildman–Crippen LogP) is 6.72. The summed E-state index contributed by atoms with van der Waals surface area (Å²) in [5.74, 6) is 0.167. The van der Waals surface area contributed by atoms with Crippen molar-refractivity contribution in [3.05, 3.63) is 97.7 Å². The number of carbonyl (C=O) groups is 2. The first-order chi connectivity index (χ1) is 14.8. The number of benzene rings is 3. The van der Waals surface area contributed by atoms with Crippen LogP contribution in [0, 0.1) is 6.92 Å². The Morgan fingerprint density at radius 3 is 2.45 bits per heavy atom. The number of ether oxygens (including phenoxy) is 2. The summed E-state index contributed by atoms with van der Waals surface area (Å²) >= 11 is 17.8. The Labute approximate surface area is 193 Å². The van der Waals surface area contributed by atoms with Gasteiger partial charge in [-0.05, 0) is 60.5 Å². The molecule has 1 aliphatic rings. The molecule has 0 spiro atoms. The van der Waals surface area contributed by atoms with E-state index < -0.39 is 5.97 Å². The Kier molecular flexibility index (Phi) is 6.05. The molecule has 0 amide bonds. The minimum absolute atomic E-state index is 0.0932. The molecular weight excluding hydrogens is 459 g/mol. The number of ketones is 1. The molecule has 1 aliphatic heterocycles. The highest BCUT2D eigenvalue weighted by Crippen LogP contribution is 2.39. The molecule has 156 valence electrons. The highest BCUT2D eigenvalue weighted by Gasteiger charge is 2.30. The van der Waals surface area contributed by atoms with Crippen molar-refractivity contribution in [3.63, 3.8) is 0 Å². The van der Waals surface area contributed by atoms with Crippen LogP contribution >= 0.6 is 34.8 Å². The first-order valence-electron chi connectivity index (χ1n) is 9.30. The first-order valence-corrected chi connectivity index (χ1v) is 10.4. The molecule has 0 unspecified atom stereocenters. The number of rotatable bonds is 4. The molecule has 0 saturated carbocycles. The smallest absolute Gasteiger partial charge is 0.315 e. The van der Waals surface area contributed by atoms with Crippen LogP contribution < -0.4 is 9.47 Å². The van der Waals surface area contributed by atoms with Crippen LogP contribution in [-0.4, -0.2) is 11.8 Å². The molecule has 0 radical (unpaired) electrons.